The number of ether oxygens (including phenoxy) is 1. The molecule has 0 spiro atoms. The molecule has 3 rings (SSSR count). The lowest BCUT2D eigenvalue weighted by Crippen LogP contribution is -2.24. The number of aromatic nitrogens is 2. The van der Waals surface area contributed by atoms with Crippen molar-refractivity contribution in [2.75, 3.05) is 0 Å². The summed E-state index contributed by atoms with van der Waals surface area (Å²) in [6.07, 6.45) is 1.56. The minimum atomic E-state index is -0.260. The minimum Gasteiger partial charge on any atom is -0.489 e. The van der Waals surface area contributed by atoms with Gasteiger partial charge in [0.05, 0.1) is 22.1 Å². The summed E-state index contributed by atoms with van der Waals surface area (Å²) >= 11 is 15.5. The zero-order valence-electron chi connectivity index (χ0n) is 16.3. The lowest BCUT2D eigenvalue weighted by atomic mass is 10.2. The van der Waals surface area contributed by atoms with Gasteiger partial charge in [-0.1, -0.05) is 29.3 Å². The van der Waals surface area contributed by atoms with E-state index in [0.717, 1.165) is 27.0 Å². The number of rotatable bonds is 7. The number of nitrogens with zero attached hydrogens (tertiary/aromatic N) is 3. The van der Waals surface area contributed by atoms with Gasteiger partial charge in [-0.15, -0.1) is 0 Å². The Hall–Kier alpha value is -2.35. The third kappa shape index (κ3) is 5.84. The van der Waals surface area contributed by atoms with Gasteiger partial charge in [0.2, 0.25) is 0 Å². The van der Waals surface area contributed by atoms with E-state index < -0.39 is 0 Å². The number of carbonyl (C=O) groups excluding carboxylic acids is 1. The van der Waals surface area contributed by atoms with E-state index in [1.54, 1.807) is 23.0 Å². The molecule has 3 aromatic rings. The van der Waals surface area contributed by atoms with Crippen molar-refractivity contribution in [2.24, 2.45) is 5.10 Å². The average Bonchev–Trinajstić information content (AvgIpc) is 2.95. The number of carbonyl (C=O) groups is 1. The third-order valence-corrected chi connectivity index (χ3v) is 6.01. The van der Waals surface area contributed by atoms with Crippen LogP contribution in [-0.4, -0.2) is 21.9 Å². The van der Waals surface area contributed by atoms with Crippen molar-refractivity contribution in [1.29, 1.82) is 0 Å². The molecule has 0 aliphatic rings. The van der Waals surface area contributed by atoms with Crippen LogP contribution in [0.5, 0.6) is 5.75 Å². The van der Waals surface area contributed by atoms with Crippen LogP contribution in [0, 0.1) is 13.8 Å². The van der Waals surface area contributed by atoms with Gasteiger partial charge in [-0.3, -0.25) is 9.48 Å². The van der Waals surface area contributed by atoms with E-state index in [2.05, 4.69) is 31.6 Å². The summed E-state index contributed by atoms with van der Waals surface area (Å²) in [5.41, 5.74) is 5.90. The SMILES string of the molecule is Cc1nn(CC(=O)N/N=C/c2ccc(OCc3ccc(Cl)cc3Cl)cc2)c(C)c1Br. The standard InChI is InChI=1S/C21H19BrCl2N4O2/c1-13-21(22)14(2)28(27-13)11-20(29)26-25-10-15-3-7-18(8-4-15)30-12-16-5-6-17(23)9-19(16)24/h3-10H,11-12H2,1-2H3,(H,26,29)/b25-10+. The second-order valence-corrected chi connectivity index (χ2v) is 8.17. The predicted molar refractivity (Wildman–Crippen MR) is 122 cm³/mol. The molecule has 1 N–H and O–H groups in total. The van der Waals surface area contributed by atoms with Crippen LogP contribution in [0.25, 0.3) is 0 Å². The molecule has 0 saturated carbocycles. The van der Waals surface area contributed by atoms with Gasteiger partial charge >= 0.3 is 0 Å². The zero-order valence-corrected chi connectivity index (χ0v) is 19.4. The summed E-state index contributed by atoms with van der Waals surface area (Å²) < 4.78 is 8.27. The summed E-state index contributed by atoms with van der Waals surface area (Å²) in [7, 11) is 0. The molecule has 0 aliphatic carbocycles. The molecule has 1 amide bonds. The Morgan fingerprint density at radius 3 is 2.60 bits per heavy atom. The van der Waals surface area contributed by atoms with Crippen LogP contribution in [0.1, 0.15) is 22.5 Å². The number of nitrogens with one attached hydrogen (secondary N) is 1. The van der Waals surface area contributed by atoms with Gasteiger partial charge < -0.3 is 4.74 Å². The van der Waals surface area contributed by atoms with E-state index in [-0.39, 0.29) is 12.5 Å². The Labute approximate surface area is 193 Å². The Balaban J connectivity index is 1.50. The van der Waals surface area contributed by atoms with E-state index in [1.807, 2.05) is 44.2 Å². The van der Waals surface area contributed by atoms with Crippen LogP contribution < -0.4 is 10.2 Å². The average molecular weight is 510 g/mol. The third-order valence-electron chi connectivity index (χ3n) is 4.28. The largest absolute Gasteiger partial charge is 0.489 e. The predicted octanol–water partition coefficient (Wildman–Crippen LogP) is 5.30. The van der Waals surface area contributed by atoms with E-state index >= 15 is 0 Å². The van der Waals surface area contributed by atoms with Crippen molar-refractivity contribution in [3.8, 4) is 5.75 Å². The fraction of sp³-hybridized carbons (Fsp3) is 0.190. The minimum absolute atomic E-state index is 0.0929. The maximum Gasteiger partial charge on any atom is 0.261 e. The van der Waals surface area contributed by atoms with Crippen LogP contribution in [0.2, 0.25) is 10.0 Å². The van der Waals surface area contributed by atoms with Gasteiger partial charge in [0, 0.05) is 15.6 Å². The summed E-state index contributed by atoms with van der Waals surface area (Å²) in [4.78, 5) is 12.1. The molecule has 156 valence electrons. The Bertz CT molecular complexity index is 1080. The molecule has 0 radical (unpaired) electrons. The van der Waals surface area contributed by atoms with Crippen molar-refractivity contribution in [3.05, 3.63) is 79.5 Å². The topological polar surface area (TPSA) is 68.5 Å². The van der Waals surface area contributed by atoms with Gasteiger partial charge in [0.25, 0.3) is 5.91 Å². The van der Waals surface area contributed by atoms with Crippen molar-refractivity contribution >= 4 is 51.3 Å². The molecule has 6 nitrogen and oxygen atoms in total. The number of hydrogen-bond acceptors (Lipinski definition) is 4. The zero-order chi connectivity index (χ0) is 21.7. The Morgan fingerprint density at radius 2 is 1.97 bits per heavy atom. The number of aryl methyl sites for hydroxylation is 1. The maximum atomic E-state index is 12.1. The monoisotopic (exact) mass is 508 g/mol. The number of benzene rings is 2. The van der Waals surface area contributed by atoms with Crippen LogP contribution in [0.3, 0.4) is 0 Å². The van der Waals surface area contributed by atoms with Crippen LogP contribution >= 0.6 is 39.1 Å². The Morgan fingerprint density at radius 1 is 1.23 bits per heavy atom. The molecule has 0 bridgehead atoms. The fourth-order valence-corrected chi connectivity index (χ4v) is 3.38. The molecular formula is C21H19BrCl2N4O2. The number of amides is 1. The second-order valence-electron chi connectivity index (χ2n) is 6.53. The summed E-state index contributed by atoms with van der Waals surface area (Å²) in [6.45, 7) is 4.20. The van der Waals surface area contributed by atoms with Crippen LogP contribution in [0.15, 0.2) is 52.0 Å². The normalized spacial score (nSPS) is 11.1. The smallest absolute Gasteiger partial charge is 0.261 e. The molecule has 0 fully saturated rings. The molecule has 2 aromatic carbocycles. The first kappa shape index (κ1) is 22.3. The van der Waals surface area contributed by atoms with Gasteiger partial charge in [-0.05, 0) is 71.7 Å². The lowest BCUT2D eigenvalue weighted by Gasteiger charge is -2.08. The highest BCUT2D eigenvalue weighted by Gasteiger charge is 2.11. The van der Waals surface area contributed by atoms with Crippen molar-refractivity contribution in [2.45, 2.75) is 27.0 Å². The van der Waals surface area contributed by atoms with E-state index in [9.17, 15) is 4.79 Å². The highest BCUT2D eigenvalue weighted by atomic mass is 79.9. The van der Waals surface area contributed by atoms with E-state index in [1.165, 1.54) is 0 Å². The Kier molecular flexibility index (Phi) is 7.53. The molecular weight excluding hydrogens is 491 g/mol. The van der Waals surface area contributed by atoms with Crippen molar-refractivity contribution in [1.82, 2.24) is 15.2 Å². The van der Waals surface area contributed by atoms with Gasteiger partial charge in [0.1, 0.15) is 18.9 Å². The molecule has 0 unspecified atom stereocenters. The molecule has 30 heavy (non-hydrogen) atoms. The second kappa shape index (κ2) is 10.1. The number of hydrazone groups is 1. The molecule has 1 heterocycles. The molecule has 0 saturated heterocycles. The molecule has 1 aromatic heterocycles. The molecule has 9 heteroatoms. The summed E-state index contributed by atoms with van der Waals surface area (Å²) in [5, 5.41) is 9.44. The summed E-state index contributed by atoms with van der Waals surface area (Å²) in [5.74, 6) is 0.432. The highest BCUT2D eigenvalue weighted by Crippen LogP contribution is 2.23. The molecule has 0 aliphatic heterocycles. The summed E-state index contributed by atoms with van der Waals surface area (Å²) in [6, 6.07) is 12.6. The lowest BCUT2D eigenvalue weighted by molar-refractivity contribution is -0.121. The van der Waals surface area contributed by atoms with Crippen LogP contribution in [-0.2, 0) is 17.9 Å². The number of halogens is 3. The van der Waals surface area contributed by atoms with E-state index in [0.29, 0.717) is 22.4 Å². The van der Waals surface area contributed by atoms with Gasteiger partial charge in [-0.2, -0.15) is 10.2 Å². The van der Waals surface area contributed by atoms with Crippen LogP contribution in [0.4, 0.5) is 0 Å². The first-order chi connectivity index (χ1) is 14.3. The first-order valence-corrected chi connectivity index (χ1v) is 10.6. The number of hydrogen-bond donors (Lipinski definition) is 1. The highest BCUT2D eigenvalue weighted by molar-refractivity contribution is 9.10. The first-order valence-electron chi connectivity index (χ1n) is 9.01. The molecule has 0 atom stereocenters. The maximum absolute atomic E-state index is 12.1. The quantitative estimate of drug-likeness (QED) is 0.347. The fourth-order valence-electron chi connectivity index (χ4n) is 2.63. The van der Waals surface area contributed by atoms with Crippen molar-refractivity contribution in [3.63, 3.8) is 0 Å². The van der Waals surface area contributed by atoms with Gasteiger partial charge in [-0.25, -0.2) is 5.43 Å². The van der Waals surface area contributed by atoms with Crippen molar-refractivity contribution < 1.29 is 9.53 Å². The van der Waals surface area contributed by atoms with Gasteiger partial charge in [0.15, 0.2) is 0 Å². The van der Waals surface area contributed by atoms with E-state index in [4.69, 9.17) is 27.9 Å².